The average molecular weight is 411 g/mol. The number of nitrogens with one attached hydrogen (secondary N) is 1. The van der Waals surface area contributed by atoms with Gasteiger partial charge in [0.2, 0.25) is 0 Å². The molecule has 0 amide bonds. The molecule has 2 aromatic carbocycles. The van der Waals surface area contributed by atoms with Gasteiger partial charge in [-0.3, -0.25) is 4.98 Å². The topological polar surface area (TPSA) is 33.1 Å². The lowest BCUT2D eigenvalue weighted by atomic mass is 10.0. The van der Waals surface area contributed by atoms with E-state index in [2.05, 4.69) is 87.5 Å². The van der Waals surface area contributed by atoms with Crippen molar-refractivity contribution in [3.8, 4) is 5.69 Å². The first kappa shape index (κ1) is 18.6. The number of pyridine rings is 1. The van der Waals surface area contributed by atoms with Gasteiger partial charge >= 0.3 is 0 Å². The summed E-state index contributed by atoms with van der Waals surface area (Å²) in [5.41, 5.74) is 5.57. The monoisotopic (exact) mass is 410 g/mol. The summed E-state index contributed by atoms with van der Waals surface area (Å²) in [7, 11) is 0. The molecular formula is C25H22N4S. The molecule has 1 fully saturated rings. The largest absolute Gasteiger partial charge is 0.351 e. The number of rotatable bonds is 4. The SMILES string of the molecule is Cc1ccc(-n2cccc2C2C(c3ccccn3)NC(=S)N2c2ccccc2)cc1. The highest BCUT2D eigenvalue weighted by Gasteiger charge is 2.42. The van der Waals surface area contributed by atoms with Gasteiger partial charge in [-0.25, -0.2) is 0 Å². The molecule has 5 rings (SSSR count). The fourth-order valence-corrected chi connectivity index (χ4v) is 4.44. The minimum atomic E-state index is -0.0574. The molecule has 4 aromatic rings. The van der Waals surface area contributed by atoms with Gasteiger partial charge in [-0.2, -0.15) is 0 Å². The minimum Gasteiger partial charge on any atom is -0.351 e. The number of benzene rings is 2. The molecule has 3 heterocycles. The van der Waals surface area contributed by atoms with Crippen molar-refractivity contribution in [2.45, 2.75) is 19.0 Å². The van der Waals surface area contributed by atoms with Crippen LogP contribution in [-0.4, -0.2) is 14.7 Å². The lowest BCUT2D eigenvalue weighted by Crippen LogP contribution is -2.30. The lowest BCUT2D eigenvalue weighted by Gasteiger charge is -2.29. The fraction of sp³-hybridized carbons (Fsp3) is 0.120. The zero-order valence-electron chi connectivity index (χ0n) is 16.6. The Bertz CT molecular complexity index is 1150. The van der Waals surface area contributed by atoms with Crippen LogP contribution in [0.2, 0.25) is 0 Å². The summed E-state index contributed by atoms with van der Waals surface area (Å²) in [6.45, 7) is 2.11. The Labute approximate surface area is 181 Å². The van der Waals surface area contributed by atoms with Crippen LogP contribution < -0.4 is 10.2 Å². The molecule has 2 aromatic heterocycles. The highest BCUT2D eigenvalue weighted by molar-refractivity contribution is 7.80. The van der Waals surface area contributed by atoms with E-state index in [4.69, 9.17) is 12.2 Å². The predicted molar refractivity (Wildman–Crippen MR) is 125 cm³/mol. The Hall–Kier alpha value is -3.44. The van der Waals surface area contributed by atoms with E-state index in [9.17, 15) is 0 Å². The van der Waals surface area contributed by atoms with E-state index in [1.165, 1.54) is 5.56 Å². The third kappa shape index (κ3) is 3.27. The Morgan fingerprint density at radius 1 is 0.833 bits per heavy atom. The first-order chi connectivity index (χ1) is 14.7. The molecule has 0 spiro atoms. The summed E-state index contributed by atoms with van der Waals surface area (Å²) in [6, 6.07) is 29.1. The molecule has 30 heavy (non-hydrogen) atoms. The van der Waals surface area contributed by atoms with Crippen LogP contribution in [0, 0.1) is 6.92 Å². The van der Waals surface area contributed by atoms with Crippen LogP contribution >= 0.6 is 12.2 Å². The zero-order chi connectivity index (χ0) is 20.5. The van der Waals surface area contributed by atoms with Crippen LogP contribution in [0.25, 0.3) is 5.69 Å². The molecule has 1 saturated heterocycles. The van der Waals surface area contributed by atoms with E-state index >= 15 is 0 Å². The van der Waals surface area contributed by atoms with Gasteiger partial charge in [0.25, 0.3) is 0 Å². The van der Waals surface area contributed by atoms with Crippen LogP contribution in [0.4, 0.5) is 5.69 Å². The molecule has 1 aliphatic rings. The Kier molecular flexibility index (Phi) is 4.81. The number of hydrogen-bond acceptors (Lipinski definition) is 2. The number of thiocarbonyl (C=S) groups is 1. The van der Waals surface area contributed by atoms with Crippen molar-refractivity contribution in [2.75, 3.05) is 4.90 Å². The van der Waals surface area contributed by atoms with Crippen LogP contribution in [0.3, 0.4) is 0 Å². The molecule has 4 nitrogen and oxygen atoms in total. The van der Waals surface area contributed by atoms with Crippen LogP contribution in [0.5, 0.6) is 0 Å². The third-order valence-electron chi connectivity index (χ3n) is 5.53. The minimum absolute atomic E-state index is 0.0360. The molecule has 0 bridgehead atoms. The second kappa shape index (κ2) is 7.76. The molecule has 2 atom stereocenters. The molecule has 1 aliphatic heterocycles. The summed E-state index contributed by atoms with van der Waals surface area (Å²) in [4.78, 5) is 6.84. The highest BCUT2D eigenvalue weighted by Crippen LogP contribution is 2.42. The normalized spacial score (nSPS) is 18.4. The average Bonchev–Trinajstić information content (AvgIpc) is 3.40. The molecule has 2 unspecified atom stereocenters. The number of aromatic nitrogens is 2. The number of hydrogen-bond donors (Lipinski definition) is 1. The molecule has 0 saturated carbocycles. The molecule has 148 valence electrons. The number of anilines is 1. The summed E-state index contributed by atoms with van der Waals surface area (Å²) >= 11 is 5.81. The van der Waals surface area contributed by atoms with Crippen molar-refractivity contribution in [1.29, 1.82) is 0 Å². The number of aryl methyl sites for hydroxylation is 1. The van der Waals surface area contributed by atoms with Crippen molar-refractivity contribution < 1.29 is 0 Å². The Morgan fingerprint density at radius 3 is 2.33 bits per heavy atom. The van der Waals surface area contributed by atoms with E-state index in [1.807, 2.05) is 36.5 Å². The second-order valence-electron chi connectivity index (χ2n) is 7.47. The quantitative estimate of drug-likeness (QED) is 0.459. The van der Waals surface area contributed by atoms with E-state index in [-0.39, 0.29) is 12.1 Å². The Balaban J connectivity index is 1.66. The summed E-state index contributed by atoms with van der Waals surface area (Å²) in [6.07, 6.45) is 3.95. The van der Waals surface area contributed by atoms with E-state index < -0.39 is 0 Å². The van der Waals surface area contributed by atoms with Gasteiger partial charge in [0, 0.05) is 29.5 Å². The van der Waals surface area contributed by atoms with Crippen molar-refractivity contribution in [1.82, 2.24) is 14.9 Å². The maximum Gasteiger partial charge on any atom is 0.174 e. The maximum atomic E-state index is 5.81. The summed E-state index contributed by atoms with van der Waals surface area (Å²) in [5, 5.41) is 4.23. The van der Waals surface area contributed by atoms with Gasteiger partial charge in [-0.15, -0.1) is 0 Å². The van der Waals surface area contributed by atoms with Crippen molar-refractivity contribution in [3.63, 3.8) is 0 Å². The lowest BCUT2D eigenvalue weighted by molar-refractivity contribution is 0.549. The summed E-state index contributed by atoms with van der Waals surface area (Å²) in [5.74, 6) is 0. The van der Waals surface area contributed by atoms with Crippen molar-refractivity contribution >= 4 is 23.0 Å². The van der Waals surface area contributed by atoms with Crippen LogP contribution in [0.15, 0.2) is 97.3 Å². The second-order valence-corrected chi connectivity index (χ2v) is 7.86. The maximum absolute atomic E-state index is 5.81. The van der Waals surface area contributed by atoms with Crippen LogP contribution in [0.1, 0.15) is 29.0 Å². The standard InChI is InChI=1S/C25H22N4S/c1-18-12-14-19(15-13-18)28-17-7-11-22(28)24-23(21-10-5-6-16-26-21)27-25(30)29(24)20-8-3-2-4-9-20/h2-17,23-24H,1H3,(H,27,30). The van der Waals surface area contributed by atoms with Gasteiger partial charge in [0.1, 0.15) is 6.04 Å². The third-order valence-corrected chi connectivity index (χ3v) is 5.84. The van der Waals surface area contributed by atoms with Gasteiger partial charge in [-0.05, 0) is 67.7 Å². The smallest absolute Gasteiger partial charge is 0.174 e. The first-order valence-electron chi connectivity index (χ1n) is 10.0. The van der Waals surface area contributed by atoms with E-state index in [0.29, 0.717) is 5.11 Å². The van der Waals surface area contributed by atoms with E-state index in [0.717, 1.165) is 22.8 Å². The zero-order valence-corrected chi connectivity index (χ0v) is 17.5. The van der Waals surface area contributed by atoms with E-state index in [1.54, 1.807) is 0 Å². The van der Waals surface area contributed by atoms with Gasteiger partial charge in [0.05, 0.1) is 11.7 Å². The van der Waals surface area contributed by atoms with Crippen LogP contribution in [-0.2, 0) is 0 Å². The number of nitrogens with zero attached hydrogens (tertiary/aromatic N) is 3. The fourth-order valence-electron chi connectivity index (χ4n) is 4.10. The molecule has 0 radical (unpaired) electrons. The Morgan fingerprint density at radius 2 is 1.60 bits per heavy atom. The highest BCUT2D eigenvalue weighted by atomic mass is 32.1. The van der Waals surface area contributed by atoms with Crippen molar-refractivity contribution in [3.05, 3.63) is 114 Å². The molecule has 0 aliphatic carbocycles. The van der Waals surface area contributed by atoms with Gasteiger partial charge < -0.3 is 14.8 Å². The first-order valence-corrected chi connectivity index (χ1v) is 10.4. The van der Waals surface area contributed by atoms with Crippen molar-refractivity contribution in [2.24, 2.45) is 0 Å². The molecular weight excluding hydrogens is 388 g/mol. The van der Waals surface area contributed by atoms with Gasteiger partial charge in [-0.1, -0.05) is 42.0 Å². The predicted octanol–water partition coefficient (Wildman–Crippen LogP) is 5.36. The molecule has 5 heteroatoms. The van der Waals surface area contributed by atoms with Gasteiger partial charge in [0.15, 0.2) is 5.11 Å². The number of para-hydroxylation sites is 1. The summed E-state index contributed by atoms with van der Waals surface area (Å²) < 4.78 is 2.24. The molecule has 1 N–H and O–H groups in total.